The predicted octanol–water partition coefficient (Wildman–Crippen LogP) is 5.71. The molecule has 0 aliphatic heterocycles. The third kappa shape index (κ3) is 3.57. The number of anilines is 1. The molecule has 2 aromatic carbocycles. The van der Waals surface area contributed by atoms with Gasteiger partial charge in [0.05, 0.1) is 16.9 Å². The number of aryl methyl sites for hydroxylation is 1. The van der Waals surface area contributed by atoms with Crippen molar-refractivity contribution >= 4 is 28.7 Å². The molecule has 28 heavy (non-hydrogen) atoms. The highest BCUT2D eigenvalue weighted by molar-refractivity contribution is 8.00. The fourth-order valence-corrected chi connectivity index (χ4v) is 3.68. The van der Waals surface area contributed by atoms with Crippen molar-refractivity contribution in [1.29, 1.82) is 0 Å². The summed E-state index contributed by atoms with van der Waals surface area (Å²) in [7, 11) is 0. The molecule has 142 valence electrons. The van der Waals surface area contributed by atoms with Gasteiger partial charge in [-0.05, 0) is 60.3 Å². The largest absolute Gasteiger partial charge is 0.310 e. The molecule has 2 heterocycles. The van der Waals surface area contributed by atoms with Gasteiger partial charge in [-0.25, -0.2) is 13.5 Å². The molecule has 0 aliphatic rings. The van der Waals surface area contributed by atoms with Crippen molar-refractivity contribution in [3.8, 4) is 5.69 Å². The summed E-state index contributed by atoms with van der Waals surface area (Å²) in [5.41, 5.74) is 2.61. The van der Waals surface area contributed by atoms with Crippen LogP contribution in [0.25, 0.3) is 16.6 Å². The van der Waals surface area contributed by atoms with Gasteiger partial charge < -0.3 is 4.72 Å². The van der Waals surface area contributed by atoms with Crippen molar-refractivity contribution in [1.82, 2.24) is 14.8 Å². The van der Waals surface area contributed by atoms with Crippen LogP contribution in [0.15, 0.2) is 65.7 Å². The van der Waals surface area contributed by atoms with E-state index in [0.29, 0.717) is 23.5 Å². The first kappa shape index (κ1) is 18.4. The molecule has 4 nitrogen and oxygen atoms in total. The van der Waals surface area contributed by atoms with Crippen molar-refractivity contribution in [3.05, 3.63) is 77.9 Å². The molecular weight excluding hydrogens is 378 g/mol. The van der Waals surface area contributed by atoms with Gasteiger partial charge in [-0.3, -0.25) is 4.98 Å². The Balaban J connectivity index is 1.68. The van der Waals surface area contributed by atoms with Crippen molar-refractivity contribution in [3.63, 3.8) is 0 Å². The Morgan fingerprint density at radius 1 is 1.11 bits per heavy atom. The van der Waals surface area contributed by atoms with Gasteiger partial charge in [0, 0.05) is 22.5 Å². The summed E-state index contributed by atoms with van der Waals surface area (Å²) in [6, 6.07) is 16.3. The van der Waals surface area contributed by atoms with Crippen LogP contribution in [0.5, 0.6) is 0 Å². The summed E-state index contributed by atoms with van der Waals surface area (Å²) in [4.78, 5) is 5.09. The zero-order valence-electron chi connectivity index (χ0n) is 15.2. The molecule has 4 rings (SSSR count). The van der Waals surface area contributed by atoms with Crippen LogP contribution in [0.1, 0.15) is 18.2 Å². The van der Waals surface area contributed by atoms with Crippen LogP contribution in [0.4, 0.5) is 14.6 Å². The van der Waals surface area contributed by atoms with E-state index in [1.807, 2.05) is 43.3 Å². The van der Waals surface area contributed by atoms with Crippen molar-refractivity contribution in [2.24, 2.45) is 0 Å². The normalized spacial score (nSPS) is 11.1. The minimum Gasteiger partial charge on any atom is -0.310 e. The van der Waals surface area contributed by atoms with E-state index >= 15 is 0 Å². The van der Waals surface area contributed by atoms with E-state index < -0.39 is 6.67 Å². The Morgan fingerprint density at radius 3 is 2.79 bits per heavy atom. The number of alkyl halides is 1. The molecule has 0 bridgehead atoms. The number of pyridine rings is 1. The number of hydrogen-bond acceptors (Lipinski definition) is 4. The molecule has 4 aromatic rings. The summed E-state index contributed by atoms with van der Waals surface area (Å²) in [5.74, 6) is 0.376. The highest BCUT2D eigenvalue weighted by atomic mass is 32.2. The molecule has 0 saturated heterocycles. The van der Waals surface area contributed by atoms with Crippen LogP contribution in [0.2, 0.25) is 0 Å². The first-order chi connectivity index (χ1) is 13.7. The van der Waals surface area contributed by atoms with E-state index in [0.717, 1.165) is 21.5 Å². The maximum atomic E-state index is 14.0. The summed E-state index contributed by atoms with van der Waals surface area (Å²) < 4.78 is 32.1. The molecule has 0 saturated carbocycles. The van der Waals surface area contributed by atoms with Gasteiger partial charge in [0.15, 0.2) is 0 Å². The topological polar surface area (TPSA) is 42.7 Å². The first-order valence-corrected chi connectivity index (χ1v) is 9.71. The lowest BCUT2D eigenvalue weighted by Gasteiger charge is -2.11. The Hall–Kier alpha value is -2.93. The quantitative estimate of drug-likeness (QED) is 0.424. The standard InChI is InChI=1S/C21H18F2N4S/c1-2-14-8-9-16(12-18(14)23)28-26-21-11-15(13-22)25-27(21)20-7-3-6-19-17(20)5-4-10-24-19/h3-12,26H,2,13H2,1H3. The number of benzene rings is 2. The Bertz CT molecular complexity index is 1120. The van der Waals surface area contributed by atoms with Crippen molar-refractivity contribution in [2.45, 2.75) is 24.9 Å². The average Bonchev–Trinajstić information content (AvgIpc) is 3.15. The molecule has 2 aromatic heterocycles. The van der Waals surface area contributed by atoms with Gasteiger partial charge in [0.25, 0.3) is 0 Å². The maximum Gasteiger partial charge on any atom is 0.140 e. The molecule has 0 fully saturated rings. The molecule has 0 unspecified atom stereocenters. The number of fused-ring (bicyclic) bond motifs is 1. The molecule has 0 amide bonds. The third-order valence-corrected chi connectivity index (χ3v) is 5.23. The second kappa shape index (κ2) is 7.98. The van der Waals surface area contributed by atoms with Crippen LogP contribution in [0.3, 0.4) is 0 Å². The summed E-state index contributed by atoms with van der Waals surface area (Å²) >= 11 is 1.26. The molecular formula is C21H18F2N4S. The molecule has 0 atom stereocenters. The molecule has 0 spiro atoms. The predicted molar refractivity (Wildman–Crippen MR) is 109 cm³/mol. The van der Waals surface area contributed by atoms with Gasteiger partial charge in [0.1, 0.15) is 18.3 Å². The summed E-state index contributed by atoms with van der Waals surface area (Å²) in [6.45, 7) is 1.24. The number of hydrogen-bond donors (Lipinski definition) is 1. The van der Waals surface area contributed by atoms with Crippen LogP contribution in [0, 0.1) is 5.82 Å². The smallest absolute Gasteiger partial charge is 0.140 e. The lowest BCUT2D eigenvalue weighted by atomic mass is 10.2. The van der Waals surface area contributed by atoms with E-state index in [1.165, 1.54) is 18.0 Å². The number of nitrogens with zero attached hydrogens (tertiary/aromatic N) is 3. The summed E-state index contributed by atoms with van der Waals surface area (Å²) in [5, 5.41) is 5.28. The SMILES string of the molecule is CCc1ccc(SNc2cc(CF)nn2-c2cccc3ncccc23)cc1F. The van der Waals surface area contributed by atoms with E-state index in [-0.39, 0.29) is 5.82 Å². The number of rotatable bonds is 6. The molecule has 0 radical (unpaired) electrons. The van der Waals surface area contributed by atoms with Gasteiger partial charge in [-0.15, -0.1) is 0 Å². The monoisotopic (exact) mass is 396 g/mol. The van der Waals surface area contributed by atoms with E-state index in [1.54, 1.807) is 23.0 Å². The zero-order chi connectivity index (χ0) is 19.5. The molecule has 0 aliphatic carbocycles. The van der Waals surface area contributed by atoms with Crippen molar-refractivity contribution in [2.75, 3.05) is 4.72 Å². The summed E-state index contributed by atoms with van der Waals surface area (Å²) in [6.07, 6.45) is 2.37. The Morgan fingerprint density at radius 2 is 2.00 bits per heavy atom. The lowest BCUT2D eigenvalue weighted by molar-refractivity contribution is 0.473. The fraction of sp³-hybridized carbons (Fsp3) is 0.143. The van der Waals surface area contributed by atoms with E-state index in [4.69, 9.17) is 0 Å². The maximum absolute atomic E-state index is 14.0. The lowest BCUT2D eigenvalue weighted by Crippen LogP contribution is -2.02. The van der Waals surface area contributed by atoms with Gasteiger partial charge >= 0.3 is 0 Å². The minimum atomic E-state index is -0.671. The number of nitrogens with one attached hydrogen (secondary N) is 1. The van der Waals surface area contributed by atoms with Crippen LogP contribution >= 0.6 is 11.9 Å². The highest BCUT2D eigenvalue weighted by Crippen LogP contribution is 2.28. The fourth-order valence-electron chi connectivity index (χ4n) is 3.01. The second-order valence-electron chi connectivity index (χ2n) is 6.22. The van der Waals surface area contributed by atoms with Crippen molar-refractivity contribution < 1.29 is 8.78 Å². The molecule has 7 heteroatoms. The third-order valence-electron chi connectivity index (χ3n) is 4.43. The van der Waals surface area contributed by atoms with E-state index in [9.17, 15) is 8.78 Å². The Labute approximate surface area is 165 Å². The zero-order valence-corrected chi connectivity index (χ0v) is 16.0. The number of halogens is 2. The first-order valence-electron chi connectivity index (χ1n) is 8.90. The van der Waals surface area contributed by atoms with Gasteiger partial charge in [-0.2, -0.15) is 5.10 Å². The van der Waals surface area contributed by atoms with Crippen LogP contribution in [-0.2, 0) is 13.1 Å². The van der Waals surface area contributed by atoms with E-state index in [2.05, 4.69) is 14.8 Å². The highest BCUT2D eigenvalue weighted by Gasteiger charge is 2.13. The number of aromatic nitrogens is 3. The minimum absolute atomic E-state index is 0.229. The van der Waals surface area contributed by atoms with Crippen LogP contribution in [-0.4, -0.2) is 14.8 Å². The van der Waals surface area contributed by atoms with Gasteiger partial charge in [0.2, 0.25) is 0 Å². The molecule has 1 N–H and O–H groups in total. The average molecular weight is 396 g/mol. The van der Waals surface area contributed by atoms with Crippen LogP contribution < -0.4 is 4.72 Å². The van der Waals surface area contributed by atoms with Gasteiger partial charge in [-0.1, -0.05) is 19.1 Å². The Kier molecular flexibility index (Phi) is 5.25. The second-order valence-corrected chi connectivity index (χ2v) is 7.10.